The Morgan fingerprint density at radius 2 is 2.33 bits per heavy atom. The van der Waals surface area contributed by atoms with E-state index in [0.29, 0.717) is 4.99 Å². The van der Waals surface area contributed by atoms with E-state index in [9.17, 15) is 0 Å². The Kier molecular flexibility index (Phi) is 2.73. The molecule has 0 aromatic carbocycles. The molecule has 2 heterocycles. The van der Waals surface area contributed by atoms with Crippen LogP contribution in [-0.4, -0.2) is 26.8 Å². The van der Waals surface area contributed by atoms with E-state index < -0.39 is 0 Å². The van der Waals surface area contributed by atoms with Gasteiger partial charge in [0.2, 0.25) is 0 Å². The van der Waals surface area contributed by atoms with Crippen LogP contribution in [0.4, 0.5) is 0 Å². The first-order valence-electron chi connectivity index (χ1n) is 4.48. The maximum absolute atomic E-state index is 5.10. The molecule has 0 aliphatic rings. The van der Waals surface area contributed by atoms with Gasteiger partial charge in [-0.1, -0.05) is 12.2 Å². The standard InChI is InChI=1S/C10H10N4S/c1-11-10(15)8-5-13-14(7-8)9-3-2-4-12-6-9/h2-7H,1H3,(H,11,15). The molecule has 0 aliphatic heterocycles. The lowest BCUT2D eigenvalue weighted by Crippen LogP contribution is -2.15. The molecule has 0 saturated carbocycles. The van der Waals surface area contributed by atoms with Crippen molar-refractivity contribution >= 4 is 17.2 Å². The van der Waals surface area contributed by atoms with Crippen LogP contribution in [0.25, 0.3) is 5.69 Å². The number of nitrogens with one attached hydrogen (secondary N) is 1. The van der Waals surface area contributed by atoms with Crippen molar-refractivity contribution < 1.29 is 0 Å². The number of thiocarbonyl (C=S) groups is 1. The fourth-order valence-corrected chi connectivity index (χ4v) is 1.32. The zero-order valence-electron chi connectivity index (χ0n) is 8.21. The van der Waals surface area contributed by atoms with Crippen molar-refractivity contribution in [3.05, 3.63) is 42.5 Å². The summed E-state index contributed by atoms with van der Waals surface area (Å²) in [4.78, 5) is 4.71. The summed E-state index contributed by atoms with van der Waals surface area (Å²) in [6.45, 7) is 0. The van der Waals surface area contributed by atoms with Crippen molar-refractivity contribution in [2.75, 3.05) is 7.05 Å². The summed E-state index contributed by atoms with van der Waals surface area (Å²) in [5.41, 5.74) is 1.82. The van der Waals surface area contributed by atoms with Crippen molar-refractivity contribution in [2.45, 2.75) is 0 Å². The van der Waals surface area contributed by atoms with Gasteiger partial charge in [0, 0.05) is 25.0 Å². The van der Waals surface area contributed by atoms with Crippen LogP contribution in [0.2, 0.25) is 0 Å². The number of hydrogen-bond donors (Lipinski definition) is 1. The summed E-state index contributed by atoms with van der Waals surface area (Å²) >= 11 is 5.10. The molecule has 76 valence electrons. The highest BCUT2D eigenvalue weighted by Gasteiger charge is 2.03. The van der Waals surface area contributed by atoms with Crippen molar-refractivity contribution in [3.8, 4) is 5.69 Å². The molecular weight excluding hydrogens is 208 g/mol. The number of rotatable bonds is 2. The van der Waals surface area contributed by atoms with Gasteiger partial charge in [-0.15, -0.1) is 0 Å². The number of pyridine rings is 1. The second-order valence-corrected chi connectivity index (χ2v) is 3.37. The topological polar surface area (TPSA) is 42.7 Å². The van der Waals surface area contributed by atoms with Crippen LogP contribution in [0.15, 0.2) is 36.9 Å². The van der Waals surface area contributed by atoms with E-state index in [0.717, 1.165) is 11.3 Å². The average molecular weight is 218 g/mol. The second kappa shape index (κ2) is 4.18. The maximum atomic E-state index is 5.10. The molecule has 1 N–H and O–H groups in total. The minimum atomic E-state index is 0.685. The molecule has 2 rings (SSSR count). The predicted molar refractivity (Wildman–Crippen MR) is 62.1 cm³/mol. The van der Waals surface area contributed by atoms with E-state index >= 15 is 0 Å². The zero-order chi connectivity index (χ0) is 10.7. The largest absolute Gasteiger partial charge is 0.379 e. The van der Waals surface area contributed by atoms with Gasteiger partial charge in [-0.3, -0.25) is 4.98 Å². The zero-order valence-corrected chi connectivity index (χ0v) is 9.03. The first-order valence-corrected chi connectivity index (χ1v) is 4.89. The Morgan fingerprint density at radius 3 is 3.00 bits per heavy atom. The fourth-order valence-electron chi connectivity index (χ4n) is 1.21. The van der Waals surface area contributed by atoms with Crippen LogP contribution >= 0.6 is 12.2 Å². The third kappa shape index (κ3) is 2.02. The van der Waals surface area contributed by atoms with Gasteiger partial charge in [0.05, 0.1) is 18.1 Å². The molecule has 4 nitrogen and oxygen atoms in total. The van der Waals surface area contributed by atoms with Gasteiger partial charge in [0.1, 0.15) is 4.99 Å². The van der Waals surface area contributed by atoms with E-state index in [1.54, 1.807) is 30.3 Å². The Labute approximate surface area is 93.0 Å². The highest BCUT2D eigenvalue weighted by atomic mass is 32.1. The highest BCUT2D eigenvalue weighted by molar-refractivity contribution is 7.80. The molecule has 2 aromatic heterocycles. The van der Waals surface area contributed by atoms with Crippen LogP contribution in [-0.2, 0) is 0 Å². The van der Waals surface area contributed by atoms with E-state index in [-0.39, 0.29) is 0 Å². The van der Waals surface area contributed by atoms with Gasteiger partial charge < -0.3 is 5.32 Å². The van der Waals surface area contributed by atoms with Crippen LogP contribution in [0.3, 0.4) is 0 Å². The summed E-state index contributed by atoms with van der Waals surface area (Å²) in [6, 6.07) is 3.80. The summed E-state index contributed by atoms with van der Waals surface area (Å²) < 4.78 is 1.74. The molecule has 0 bridgehead atoms. The molecule has 0 atom stereocenters. The van der Waals surface area contributed by atoms with Gasteiger partial charge in [0.25, 0.3) is 0 Å². The summed E-state index contributed by atoms with van der Waals surface area (Å²) in [5.74, 6) is 0. The summed E-state index contributed by atoms with van der Waals surface area (Å²) in [5, 5.41) is 7.11. The normalized spacial score (nSPS) is 9.93. The monoisotopic (exact) mass is 218 g/mol. The lowest BCUT2D eigenvalue weighted by molar-refractivity contribution is 0.874. The van der Waals surface area contributed by atoms with E-state index in [1.807, 2.05) is 18.3 Å². The summed E-state index contributed by atoms with van der Waals surface area (Å²) in [6.07, 6.45) is 7.08. The van der Waals surface area contributed by atoms with Gasteiger partial charge in [-0.2, -0.15) is 5.10 Å². The van der Waals surface area contributed by atoms with E-state index in [2.05, 4.69) is 15.4 Å². The number of nitrogens with zero attached hydrogens (tertiary/aromatic N) is 3. The van der Waals surface area contributed by atoms with Crippen molar-refractivity contribution in [1.82, 2.24) is 20.1 Å². The van der Waals surface area contributed by atoms with E-state index in [4.69, 9.17) is 12.2 Å². The van der Waals surface area contributed by atoms with Crippen LogP contribution < -0.4 is 5.32 Å². The van der Waals surface area contributed by atoms with Gasteiger partial charge in [0.15, 0.2) is 0 Å². The fraction of sp³-hybridized carbons (Fsp3) is 0.100. The first-order chi connectivity index (χ1) is 7.31. The smallest absolute Gasteiger partial charge is 0.109 e. The molecule has 0 saturated heterocycles. The van der Waals surface area contributed by atoms with Gasteiger partial charge >= 0.3 is 0 Å². The molecule has 0 spiro atoms. The lowest BCUT2D eigenvalue weighted by atomic mass is 10.3. The first kappa shape index (κ1) is 9.79. The highest BCUT2D eigenvalue weighted by Crippen LogP contribution is 2.06. The van der Waals surface area contributed by atoms with E-state index in [1.165, 1.54) is 0 Å². The third-order valence-corrected chi connectivity index (χ3v) is 2.42. The van der Waals surface area contributed by atoms with Crippen LogP contribution in [0, 0.1) is 0 Å². The van der Waals surface area contributed by atoms with Crippen LogP contribution in [0.5, 0.6) is 0 Å². The Morgan fingerprint density at radius 1 is 1.47 bits per heavy atom. The Hall–Kier alpha value is -1.75. The molecule has 0 aliphatic carbocycles. The minimum absolute atomic E-state index is 0.685. The molecule has 15 heavy (non-hydrogen) atoms. The molecular formula is C10H10N4S. The minimum Gasteiger partial charge on any atom is -0.379 e. The summed E-state index contributed by atoms with van der Waals surface area (Å²) in [7, 11) is 1.80. The Balaban J connectivity index is 2.32. The SMILES string of the molecule is CNC(=S)c1cnn(-c2cccnc2)c1. The van der Waals surface area contributed by atoms with Gasteiger partial charge in [-0.25, -0.2) is 4.68 Å². The van der Waals surface area contributed by atoms with Crippen LogP contribution in [0.1, 0.15) is 5.56 Å². The van der Waals surface area contributed by atoms with Crippen molar-refractivity contribution in [3.63, 3.8) is 0 Å². The molecule has 5 heteroatoms. The third-order valence-electron chi connectivity index (χ3n) is 1.98. The predicted octanol–water partition coefficient (Wildman–Crippen LogP) is 1.16. The molecule has 0 radical (unpaired) electrons. The van der Waals surface area contributed by atoms with Crippen molar-refractivity contribution in [1.29, 1.82) is 0 Å². The maximum Gasteiger partial charge on any atom is 0.109 e. The molecule has 0 amide bonds. The molecule has 0 fully saturated rings. The Bertz CT molecular complexity index is 463. The quantitative estimate of drug-likeness (QED) is 0.768. The lowest BCUT2D eigenvalue weighted by Gasteiger charge is -1.99. The average Bonchev–Trinajstić information content (AvgIpc) is 2.78. The second-order valence-electron chi connectivity index (χ2n) is 2.96. The molecule has 2 aromatic rings. The molecule has 0 unspecified atom stereocenters. The number of hydrogen-bond acceptors (Lipinski definition) is 3. The van der Waals surface area contributed by atoms with Crippen molar-refractivity contribution in [2.24, 2.45) is 0 Å². The van der Waals surface area contributed by atoms with Gasteiger partial charge in [-0.05, 0) is 12.1 Å². The number of aromatic nitrogens is 3.